The zero-order valence-electron chi connectivity index (χ0n) is 9.37. The molecule has 2 aliphatic heterocycles. The lowest BCUT2D eigenvalue weighted by Crippen LogP contribution is -2.48. The molecule has 2 rings (SSSR count). The minimum Gasteiger partial charge on any atom is -0.396 e. The summed E-state index contributed by atoms with van der Waals surface area (Å²) in [6, 6.07) is 0. The number of hydrogen-bond acceptors (Lipinski definition) is 4. The third kappa shape index (κ3) is 2.67. The van der Waals surface area contributed by atoms with Gasteiger partial charge in [-0.2, -0.15) is 11.8 Å². The molecule has 0 aromatic rings. The fourth-order valence-electron chi connectivity index (χ4n) is 2.68. The van der Waals surface area contributed by atoms with Gasteiger partial charge in [0, 0.05) is 31.9 Å². The Morgan fingerprint density at radius 2 is 2.07 bits per heavy atom. The van der Waals surface area contributed by atoms with Gasteiger partial charge in [0.15, 0.2) is 0 Å². The molecule has 0 aromatic carbocycles. The molecule has 2 aliphatic rings. The highest BCUT2D eigenvalue weighted by atomic mass is 32.2. The van der Waals surface area contributed by atoms with Crippen molar-refractivity contribution in [2.75, 3.05) is 37.9 Å². The highest BCUT2D eigenvalue weighted by molar-refractivity contribution is 7.99. The molecule has 0 aromatic heterocycles. The summed E-state index contributed by atoms with van der Waals surface area (Å²) >= 11 is 2.09. The quantitative estimate of drug-likeness (QED) is 0.703. The second-order valence-electron chi connectivity index (χ2n) is 4.62. The fraction of sp³-hybridized carbons (Fsp3) is 1.00. The predicted octanol–water partition coefficient (Wildman–Crippen LogP) is 0.887. The zero-order chi connectivity index (χ0) is 10.6. The monoisotopic (exact) mass is 230 g/mol. The normalized spacial score (nSPS) is 26.2. The lowest BCUT2D eigenvalue weighted by molar-refractivity contribution is 0.130. The summed E-state index contributed by atoms with van der Waals surface area (Å²) in [5.74, 6) is 2.64. The molecule has 0 saturated carbocycles. The Hall–Kier alpha value is 0.230. The number of nitrogens with one attached hydrogen (secondary N) is 1. The lowest BCUT2D eigenvalue weighted by atomic mass is 9.91. The van der Waals surface area contributed by atoms with Crippen molar-refractivity contribution in [2.24, 2.45) is 0 Å². The minimum absolute atomic E-state index is 0.337. The summed E-state index contributed by atoms with van der Waals surface area (Å²) in [7, 11) is 0. The fourth-order valence-corrected chi connectivity index (χ4v) is 3.93. The lowest BCUT2D eigenvalue weighted by Gasteiger charge is -2.40. The first-order valence-corrected chi connectivity index (χ1v) is 7.17. The number of unbranched alkanes of at least 4 members (excludes halogenated alkanes) is 1. The van der Waals surface area contributed by atoms with Gasteiger partial charge in [-0.1, -0.05) is 0 Å². The van der Waals surface area contributed by atoms with Crippen LogP contribution in [0.3, 0.4) is 0 Å². The van der Waals surface area contributed by atoms with Gasteiger partial charge in [0.25, 0.3) is 0 Å². The molecule has 2 saturated heterocycles. The van der Waals surface area contributed by atoms with E-state index in [2.05, 4.69) is 22.0 Å². The zero-order valence-corrected chi connectivity index (χ0v) is 10.2. The molecular formula is C11H22N2OS. The molecule has 2 fully saturated rings. The minimum atomic E-state index is 0.337. The predicted molar refractivity (Wildman–Crippen MR) is 65.2 cm³/mol. The van der Waals surface area contributed by atoms with E-state index < -0.39 is 0 Å². The van der Waals surface area contributed by atoms with Crippen molar-refractivity contribution in [3.8, 4) is 0 Å². The van der Waals surface area contributed by atoms with Gasteiger partial charge in [-0.3, -0.25) is 4.90 Å². The molecule has 2 heterocycles. The second-order valence-corrected chi connectivity index (χ2v) is 5.84. The van der Waals surface area contributed by atoms with E-state index in [1.54, 1.807) is 0 Å². The van der Waals surface area contributed by atoms with E-state index in [1.807, 2.05) is 0 Å². The smallest absolute Gasteiger partial charge is 0.0486 e. The van der Waals surface area contributed by atoms with Crippen molar-refractivity contribution >= 4 is 11.8 Å². The summed E-state index contributed by atoms with van der Waals surface area (Å²) < 4.78 is 0. The van der Waals surface area contributed by atoms with Crippen LogP contribution in [0.25, 0.3) is 0 Å². The van der Waals surface area contributed by atoms with Gasteiger partial charge >= 0.3 is 0 Å². The first-order valence-electron chi connectivity index (χ1n) is 6.02. The molecule has 0 radical (unpaired) electrons. The van der Waals surface area contributed by atoms with Crippen LogP contribution in [0.15, 0.2) is 0 Å². The maximum absolute atomic E-state index is 8.80. The molecule has 4 heteroatoms. The van der Waals surface area contributed by atoms with E-state index in [4.69, 9.17) is 5.11 Å². The SMILES string of the molecule is OCCCCN1CNCC12CCSCC2. The molecule has 0 bridgehead atoms. The summed E-state index contributed by atoms with van der Waals surface area (Å²) in [5, 5.41) is 12.3. The van der Waals surface area contributed by atoms with Crippen molar-refractivity contribution in [2.45, 2.75) is 31.2 Å². The number of aliphatic hydroxyl groups is 1. The van der Waals surface area contributed by atoms with E-state index in [-0.39, 0.29) is 0 Å². The maximum atomic E-state index is 8.80. The molecule has 2 N–H and O–H groups in total. The van der Waals surface area contributed by atoms with Crippen LogP contribution < -0.4 is 5.32 Å². The molecule has 0 aliphatic carbocycles. The summed E-state index contributed by atoms with van der Waals surface area (Å²) in [5.41, 5.74) is 0.459. The molecular weight excluding hydrogens is 208 g/mol. The highest BCUT2D eigenvalue weighted by Crippen LogP contribution is 2.34. The second kappa shape index (κ2) is 5.53. The molecule has 88 valence electrons. The van der Waals surface area contributed by atoms with Crippen LogP contribution in [0.1, 0.15) is 25.7 Å². The van der Waals surface area contributed by atoms with Crippen LogP contribution in [0.4, 0.5) is 0 Å². The first kappa shape index (κ1) is 11.7. The topological polar surface area (TPSA) is 35.5 Å². The van der Waals surface area contributed by atoms with E-state index in [9.17, 15) is 0 Å². The molecule has 0 atom stereocenters. The van der Waals surface area contributed by atoms with Crippen molar-refractivity contribution in [3.63, 3.8) is 0 Å². The van der Waals surface area contributed by atoms with E-state index in [0.29, 0.717) is 12.1 Å². The Morgan fingerprint density at radius 3 is 2.80 bits per heavy atom. The average Bonchev–Trinajstić information content (AvgIpc) is 2.63. The standard InChI is InChI=1S/C11H22N2OS/c14-6-2-1-5-13-10-12-9-11(13)3-7-15-8-4-11/h12,14H,1-10H2. The van der Waals surface area contributed by atoms with Crippen LogP contribution in [-0.4, -0.2) is 53.4 Å². The number of rotatable bonds is 4. The van der Waals surface area contributed by atoms with Gasteiger partial charge < -0.3 is 10.4 Å². The van der Waals surface area contributed by atoms with Gasteiger partial charge in [0.2, 0.25) is 0 Å². The van der Waals surface area contributed by atoms with Gasteiger partial charge in [0.1, 0.15) is 0 Å². The Balaban J connectivity index is 1.85. The Morgan fingerprint density at radius 1 is 1.27 bits per heavy atom. The number of thioether (sulfide) groups is 1. The van der Waals surface area contributed by atoms with Gasteiger partial charge in [-0.25, -0.2) is 0 Å². The van der Waals surface area contributed by atoms with Crippen molar-refractivity contribution < 1.29 is 5.11 Å². The van der Waals surface area contributed by atoms with E-state index in [0.717, 1.165) is 26.1 Å². The van der Waals surface area contributed by atoms with E-state index >= 15 is 0 Å². The average molecular weight is 230 g/mol. The maximum Gasteiger partial charge on any atom is 0.0486 e. The van der Waals surface area contributed by atoms with Crippen molar-refractivity contribution in [1.29, 1.82) is 0 Å². The first-order chi connectivity index (χ1) is 7.37. The summed E-state index contributed by atoms with van der Waals surface area (Å²) in [6.07, 6.45) is 4.75. The van der Waals surface area contributed by atoms with Crippen LogP contribution in [0.2, 0.25) is 0 Å². The van der Waals surface area contributed by atoms with E-state index in [1.165, 1.54) is 30.9 Å². The molecule has 0 unspecified atom stereocenters. The van der Waals surface area contributed by atoms with Crippen LogP contribution >= 0.6 is 11.8 Å². The Bertz CT molecular complexity index is 195. The third-order valence-electron chi connectivity index (χ3n) is 3.69. The summed E-state index contributed by atoms with van der Waals surface area (Å²) in [4.78, 5) is 2.61. The molecule has 15 heavy (non-hydrogen) atoms. The van der Waals surface area contributed by atoms with Gasteiger partial charge in [-0.05, 0) is 37.2 Å². The largest absolute Gasteiger partial charge is 0.396 e. The number of aliphatic hydroxyl groups excluding tert-OH is 1. The Kier molecular flexibility index (Phi) is 4.31. The number of nitrogens with zero attached hydrogens (tertiary/aromatic N) is 1. The van der Waals surface area contributed by atoms with Gasteiger partial charge in [0.05, 0.1) is 0 Å². The third-order valence-corrected chi connectivity index (χ3v) is 4.67. The van der Waals surface area contributed by atoms with Crippen LogP contribution in [-0.2, 0) is 0 Å². The Labute approximate surface area is 96.6 Å². The van der Waals surface area contributed by atoms with Crippen LogP contribution in [0.5, 0.6) is 0 Å². The van der Waals surface area contributed by atoms with Crippen molar-refractivity contribution in [3.05, 3.63) is 0 Å². The summed E-state index contributed by atoms with van der Waals surface area (Å²) in [6.45, 7) is 3.71. The molecule has 0 amide bonds. The van der Waals surface area contributed by atoms with Crippen LogP contribution in [0, 0.1) is 0 Å². The number of hydrogen-bond donors (Lipinski definition) is 2. The van der Waals surface area contributed by atoms with Crippen molar-refractivity contribution in [1.82, 2.24) is 10.2 Å². The highest BCUT2D eigenvalue weighted by Gasteiger charge is 2.41. The van der Waals surface area contributed by atoms with Gasteiger partial charge in [-0.15, -0.1) is 0 Å². The molecule has 3 nitrogen and oxygen atoms in total. The molecule has 1 spiro atoms.